The number of hydrogen-bond donors (Lipinski definition) is 1. The molecule has 2 fully saturated rings. The smallest absolute Gasteiger partial charge is 0.256 e. The summed E-state index contributed by atoms with van der Waals surface area (Å²) in [4.78, 5) is 35.4. The fourth-order valence-electron chi connectivity index (χ4n) is 5.44. The van der Waals surface area contributed by atoms with Crippen LogP contribution in [0, 0.1) is 5.92 Å². The molecule has 8 nitrogen and oxygen atoms in total. The van der Waals surface area contributed by atoms with Crippen LogP contribution in [-0.2, 0) is 15.0 Å². The zero-order valence-electron chi connectivity index (χ0n) is 21.0. The largest absolute Gasteiger partial charge is 0.473 e. The number of benzene rings is 1. The van der Waals surface area contributed by atoms with Gasteiger partial charge in [-0.15, -0.1) is 0 Å². The van der Waals surface area contributed by atoms with Crippen molar-refractivity contribution in [1.82, 2.24) is 19.9 Å². The number of anilines is 1. The van der Waals surface area contributed by atoms with Crippen LogP contribution in [0.3, 0.4) is 0 Å². The minimum atomic E-state index is -2.64. The molecule has 0 spiro atoms. The molecule has 37 heavy (non-hydrogen) atoms. The van der Waals surface area contributed by atoms with Gasteiger partial charge in [0.2, 0.25) is 17.7 Å². The fraction of sp³-hybridized carbons (Fsp3) is 0.481. The minimum Gasteiger partial charge on any atom is -0.473 e. The summed E-state index contributed by atoms with van der Waals surface area (Å²) in [5.74, 6) is 0.134. The first-order valence-electron chi connectivity index (χ1n) is 12.7. The Balaban J connectivity index is 1.43. The van der Waals surface area contributed by atoms with Gasteiger partial charge < -0.3 is 19.5 Å². The predicted octanol–water partition coefficient (Wildman–Crippen LogP) is 4.23. The molecule has 2 atom stereocenters. The van der Waals surface area contributed by atoms with Crippen molar-refractivity contribution in [3.05, 3.63) is 36.2 Å². The van der Waals surface area contributed by atoms with E-state index in [9.17, 15) is 18.4 Å². The van der Waals surface area contributed by atoms with Crippen LogP contribution < -0.4 is 15.0 Å². The number of imidazole rings is 1. The van der Waals surface area contributed by atoms with Crippen LogP contribution in [0.1, 0.15) is 51.6 Å². The van der Waals surface area contributed by atoms with Gasteiger partial charge in [-0.2, -0.15) is 0 Å². The van der Waals surface area contributed by atoms with E-state index in [0.29, 0.717) is 47.4 Å². The molecule has 10 heteroatoms. The third-order valence-corrected chi connectivity index (χ3v) is 7.79. The zero-order valence-corrected chi connectivity index (χ0v) is 21.0. The Morgan fingerprint density at radius 3 is 2.68 bits per heavy atom. The maximum absolute atomic E-state index is 13.3. The zero-order chi connectivity index (χ0) is 26.1. The maximum atomic E-state index is 13.3. The number of hydrogen-bond acceptors (Lipinski definition) is 5. The Morgan fingerprint density at radius 1 is 1.22 bits per heavy atom. The van der Waals surface area contributed by atoms with Gasteiger partial charge in [-0.25, -0.2) is 18.7 Å². The van der Waals surface area contributed by atoms with Crippen molar-refractivity contribution in [2.75, 3.05) is 18.0 Å². The number of carbonyl (C=O) groups excluding carboxylic acids is 2. The molecule has 2 aromatic heterocycles. The number of fused-ring (bicyclic) bond motifs is 2. The van der Waals surface area contributed by atoms with E-state index in [2.05, 4.69) is 14.9 Å². The normalized spacial score (nSPS) is 21.6. The van der Waals surface area contributed by atoms with Gasteiger partial charge in [-0.05, 0) is 51.3 Å². The van der Waals surface area contributed by atoms with Crippen LogP contribution in [0.5, 0.6) is 5.88 Å². The van der Waals surface area contributed by atoms with E-state index >= 15 is 0 Å². The average Bonchev–Trinajstić information content (AvgIpc) is 3.40. The summed E-state index contributed by atoms with van der Waals surface area (Å²) >= 11 is 0. The Morgan fingerprint density at radius 2 is 2.00 bits per heavy atom. The first kappa shape index (κ1) is 23.8. The first-order valence-corrected chi connectivity index (χ1v) is 12.7. The Kier molecular flexibility index (Phi) is 5.47. The van der Waals surface area contributed by atoms with Crippen molar-refractivity contribution in [3.8, 4) is 17.1 Å². The molecule has 1 aromatic carbocycles. The molecule has 1 saturated heterocycles. The lowest BCUT2D eigenvalue weighted by Gasteiger charge is -2.21. The monoisotopic (exact) mass is 509 g/mol. The van der Waals surface area contributed by atoms with Gasteiger partial charge in [0.05, 0.1) is 29.5 Å². The number of rotatable bonds is 7. The number of amides is 2. The van der Waals surface area contributed by atoms with Crippen molar-refractivity contribution < 1.29 is 23.1 Å². The molecule has 2 aliphatic heterocycles. The van der Waals surface area contributed by atoms with Gasteiger partial charge in [0.1, 0.15) is 11.6 Å². The highest BCUT2D eigenvalue weighted by Crippen LogP contribution is 2.45. The molecule has 1 N–H and O–H groups in total. The maximum Gasteiger partial charge on any atom is 0.256 e. The Hall–Kier alpha value is -3.56. The molecule has 3 aromatic rings. The number of alkyl halides is 2. The number of ether oxygens (including phenoxy) is 1. The van der Waals surface area contributed by atoms with Gasteiger partial charge in [-0.1, -0.05) is 12.1 Å². The lowest BCUT2D eigenvalue weighted by molar-refractivity contribution is -0.122. The Bertz CT molecular complexity index is 1410. The van der Waals surface area contributed by atoms with Crippen molar-refractivity contribution in [2.24, 2.45) is 5.92 Å². The summed E-state index contributed by atoms with van der Waals surface area (Å²) in [5.41, 5.74) is 3.09. The topological polar surface area (TPSA) is 89.3 Å². The van der Waals surface area contributed by atoms with E-state index in [1.54, 1.807) is 26.2 Å². The fourth-order valence-corrected chi connectivity index (χ4v) is 5.44. The molecular weight excluding hydrogens is 480 g/mol. The summed E-state index contributed by atoms with van der Waals surface area (Å²) in [6.07, 6.45) is 1.44. The number of halogens is 2. The number of nitrogens with zero attached hydrogens (tertiary/aromatic N) is 4. The highest BCUT2D eigenvalue weighted by Gasteiger charge is 2.44. The molecule has 0 bridgehead atoms. The van der Waals surface area contributed by atoms with Crippen LogP contribution in [0.15, 0.2) is 30.6 Å². The minimum absolute atomic E-state index is 0.0132. The molecule has 3 aliphatic rings. The van der Waals surface area contributed by atoms with Crippen LogP contribution in [0.4, 0.5) is 14.5 Å². The lowest BCUT2D eigenvalue weighted by Crippen LogP contribution is -2.38. The number of aromatic nitrogens is 3. The summed E-state index contributed by atoms with van der Waals surface area (Å²) in [5, 5.41) is 2.85. The number of carbonyl (C=O) groups is 2. The number of pyridine rings is 1. The molecule has 1 aliphatic carbocycles. The summed E-state index contributed by atoms with van der Waals surface area (Å²) in [6, 6.07) is 7.66. The molecule has 0 unspecified atom stereocenters. The van der Waals surface area contributed by atoms with E-state index < -0.39 is 18.4 Å². The summed E-state index contributed by atoms with van der Waals surface area (Å²) in [7, 11) is 0. The highest BCUT2D eigenvalue weighted by atomic mass is 19.3. The SMILES string of the molecule is C[C@@H](Oc1nc(-c2ccc3c(c2)N(CC(F)F)C(=O)C3(C)C)cc2ncn(C3CC3)c12)[C@H]1CNC(=O)C1. The van der Waals surface area contributed by atoms with E-state index in [1.165, 1.54) is 4.90 Å². The van der Waals surface area contributed by atoms with E-state index in [-0.39, 0.29) is 23.8 Å². The predicted molar refractivity (Wildman–Crippen MR) is 134 cm³/mol. The van der Waals surface area contributed by atoms with Gasteiger partial charge in [0.25, 0.3) is 6.43 Å². The van der Waals surface area contributed by atoms with Crippen molar-refractivity contribution in [2.45, 2.75) is 64.0 Å². The second kappa shape index (κ2) is 8.49. The van der Waals surface area contributed by atoms with Crippen molar-refractivity contribution in [1.29, 1.82) is 0 Å². The molecule has 194 valence electrons. The molecule has 4 heterocycles. The van der Waals surface area contributed by atoms with Crippen LogP contribution >= 0.6 is 0 Å². The molecular formula is C27H29F2N5O3. The van der Waals surface area contributed by atoms with Crippen LogP contribution in [0.2, 0.25) is 0 Å². The Labute approximate surface area is 213 Å². The van der Waals surface area contributed by atoms with Gasteiger partial charge in [0, 0.05) is 36.2 Å². The standard InChI is InChI=1S/C27H29F2N5O3/c1-14(16-9-23(35)30-11-16)37-25-24-20(31-13-34(24)17-5-6-17)10-19(32-25)15-4-7-18-21(8-15)33(12-22(28)29)26(36)27(18,2)3/h4,7-8,10,13-14,16-17,22H,5-6,9,11-12H2,1-3H3,(H,30,35)/t14-,16-/m1/s1. The quantitative estimate of drug-likeness (QED) is 0.515. The van der Waals surface area contributed by atoms with Crippen molar-refractivity contribution >= 4 is 28.5 Å². The lowest BCUT2D eigenvalue weighted by atomic mass is 9.85. The van der Waals surface area contributed by atoms with Crippen LogP contribution in [0.25, 0.3) is 22.3 Å². The van der Waals surface area contributed by atoms with Crippen molar-refractivity contribution in [3.63, 3.8) is 0 Å². The molecule has 1 saturated carbocycles. The third kappa shape index (κ3) is 4.02. The van der Waals surface area contributed by atoms with E-state index in [4.69, 9.17) is 9.72 Å². The molecule has 6 rings (SSSR count). The third-order valence-electron chi connectivity index (χ3n) is 7.79. The second-order valence-electron chi connectivity index (χ2n) is 10.8. The van der Waals surface area contributed by atoms with Gasteiger partial charge in [-0.3, -0.25) is 9.59 Å². The van der Waals surface area contributed by atoms with Gasteiger partial charge >= 0.3 is 0 Å². The molecule has 0 radical (unpaired) electrons. The average molecular weight is 510 g/mol. The first-order chi connectivity index (χ1) is 17.6. The second-order valence-corrected chi connectivity index (χ2v) is 10.8. The molecule has 2 amide bonds. The highest BCUT2D eigenvalue weighted by molar-refractivity contribution is 6.08. The summed E-state index contributed by atoms with van der Waals surface area (Å²) in [6.45, 7) is 5.35. The van der Waals surface area contributed by atoms with Gasteiger partial charge in [0.15, 0.2) is 0 Å². The van der Waals surface area contributed by atoms with Crippen LogP contribution in [-0.4, -0.2) is 52.0 Å². The number of nitrogens with one attached hydrogen (secondary N) is 1. The van der Waals surface area contributed by atoms with E-state index in [0.717, 1.165) is 23.9 Å². The summed E-state index contributed by atoms with van der Waals surface area (Å²) < 4.78 is 35.2. The van der Waals surface area contributed by atoms with E-state index in [1.807, 2.05) is 25.1 Å².